The number of hydrogen-bond acceptors (Lipinski definition) is 5. The van der Waals surface area contributed by atoms with Gasteiger partial charge in [0, 0.05) is 11.3 Å². The second-order valence-corrected chi connectivity index (χ2v) is 7.42. The summed E-state index contributed by atoms with van der Waals surface area (Å²) in [6.45, 7) is 2.17. The molecule has 23 heavy (non-hydrogen) atoms. The van der Waals surface area contributed by atoms with Crippen molar-refractivity contribution in [3.05, 3.63) is 63.3 Å². The van der Waals surface area contributed by atoms with E-state index in [9.17, 15) is 4.79 Å². The zero-order chi connectivity index (χ0) is 16.1. The molecule has 1 N–H and O–H groups in total. The van der Waals surface area contributed by atoms with Gasteiger partial charge < -0.3 is 5.32 Å². The smallest absolute Gasteiger partial charge is 0.231 e. The average molecular weight is 343 g/mol. The second-order valence-electron chi connectivity index (χ2n) is 5.32. The van der Waals surface area contributed by atoms with Crippen molar-refractivity contribution < 1.29 is 4.79 Å². The molecule has 0 bridgehead atoms. The lowest BCUT2D eigenvalue weighted by Crippen LogP contribution is -2.13. The molecule has 0 fully saturated rings. The van der Waals surface area contributed by atoms with Gasteiger partial charge in [-0.2, -0.15) is 0 Å². The van der Waals surface area contributed by atoms with Gasteiger partial charge in [-0.3, -0.25) is 4.79 Å². The highest BCUT2D eigenvalue weighted by molar-refractivity contribution is 7.15. The molecule has 1 amide bonds. The zero-order valence-electron chi connectivity index (χ0n) is 12.7. The molecule has 1 atom stereocenters. The molecule has 0 spiro atoms. The van der Waals surface area contributed by atoms with Crippen molar-refractivity contribution in [2.45, 2.75) is 25.7 Å². The molecule has 3 aromatic rings. The summed E-state index contributed by atoms with van der Waals surface area (Å²) < 4.78 is 0. The first-order chi connectivity index (χ1) is 11.2. The standard InChI is InChI=1S/C17H17N3OS2/c1-12(13-6-3-2-4-7-13)10-16-19-20-17(23-16)18-15(21)11-14-8-5-9-22-14/h2-9,12H,10-11H2,1H3,(H,18,20,21). The molecule has 6 heteroatoms. The van der Waals surface area contributed by atoms with Crippen molar-refractivity contribution in [3.8, 4) is 0 Å². The van der Waals surface area contributed by atoms with Crippen LogP contribution < -0.4 is 5.32 Å². The fourth-order valence-corrected chi connectivity index (χ4v) is 3.87. The molecule has 1 unspecified atom stereocenters. The summed E-state index contributed by atoms with van der Waals surface area (Å²) in [5.41, 5.74) is 1.28. The zero-order valence-corrected chi connectivity index (χ0v) is 14.4. The van der Waals surface area contributed by atoms with Crippen molar-refractivity contribution in [3.63, 3.8) is 0 Å². The molecule has 3 rings (SSSR count). The Bertz CT molecular complexity index is 753. The third-order valence-electron chi connectivity index (χ3n) is 3.48. The third kappa shape index (κ3) is 4.46. The van der Waals surface area contributed by atoms with Crippen molar-refractivity contribution in [2.75, 3.05) is 5.32 Å². The number of nitrogens with one attached hydrogen (secondary N) is 1. The monoisotopic (exact) mass is 343 g/mol. The van der Waals surface area contributed by atoms with Gasteiger partial charge in [-0.15, -0.1) is 21.5 Å². The van der Waals surface area contributed by atoms with Crippen LogP contribution in [0.5, 0.6) is 0 Å². The van der Waals surface area contributed by atoms with E-state index < -0.39 is 0 Å². The highest BCUT2D eigenvalue weighted by atomic mass is 32.1. The van der Waals surface area contributed by atoms with Gasteiger partial charge in [0.25, 0.3) is 0 Å². The minimum absolute atomic E-state index is 0.0498. The maximum atomic E-state index is 12.0. The van der Waals surface area contributed by atoms with Crippen molar-refractivity contribution in [1.82, 2.24) is 10.2 Å². The maximum Gasteiger partial charge on any atom is 0.231 e. The van der Waals surface area contributed by atoms with E-state index >= 15 is 0 Å². The van der Waals surface area contributed by atoms with Gasteiger partial charge in [-0.1, -0.05) is 54.7 Å². The van der Waals surface area contributed by atoms with Crippen molar-refractivity contribution in [2.24, 2.45) is 0 Å². The number of aromatic nitrogens is 2. The lowest BCUT2D eigenvalue weighted by atomic mass is 9.98. The Hall–Kier alpha value is -2.05. The molecule has 0 saturated carbocycles. The minimum Gasteiger partial charge on any atom is -0.300 e. The highest BCUT2D eigenvalue weighted by Gasteiger charge is 2.12. The Labute approximate surface area is 143 Å². The van der Waals surface area contributed by atoms with E-state index in [1.807, 2.05) is 35.7 Å². The van der Waals surface area contributed by atoms with Crippen LogP contribution in [0.3, 0.4) is 0 Å². The molecule has 0 radical (unpaired) electrons. The van der Waals surface area contributed by atoms with Crippen molar-refractivity contribution >= 4 is 33.7 Å². The van der Waals surface area contributed by atoms with Gasteiger partial charge in [0.1, 0.15) is 5.01 Å². The topological polar surface area (TPSA) is 54.9 Å². The molecule has 2 aromatic heterocycles. The maximum absolute atomic E-state index is 12.0. The normalized spacial score (nSPS) is 12.0. The summed E-state index contributed by atoms with van der Waals surface area (Å²) in [4.78, 5) is 13.0. The van der Waals surface area contributed by atoms with E-state index in [1.54, 1.807) is 11.3 Å². The number of rotatable bonds is 6. The first-order valence-electron chi connectivity index (χ1n) is 7.40. The predicted octanol–water partition coefficient (Wildman–Crippen LogP) is 4.13. The lowest BCUT2D eigenvalue weighted by Gasteiger charge is -2.08. The number of nitrogens with zero attached hydrogens (tertiary/aromatic N) is 2. The minimum atomic E-state index is -0.0498. The first kappa shape index (κ1) is 15.8. The Balaban J connectivity index is 1.56. The number of hydrogen-bond donors (Lipinski definition) is 1. The van der Waals surface area contributed by atoms with E-state index in [4.69, 9.17) is 0 Å². The lowest BCUT2D eigenvalue weighted by molar-refractivity contribution is -0.115. The summed E-state index contributed by atoms with van der Waals surface area (Å²) in [6.07, 6.45) is 1.20. The molecule has 0 aliphatic heterocycles. The molecule has 0 aliphatic rings. The predicted molar refractivity (Wildman–Crippen MR) is 95.1 cm³/mol. The van der Waals surface area contributed by atoms with E-state index in [1.165, 1.54) is 16.9 Å². The molecular formula is C17H17N3OS2. The Kier molecular flexibility index (Phi) is 5.15. The average Bonchev–Trinajstić information content (AvgIpc) is 3.20. The van der Waals surface area contributed by atoms with E-state index in [0.29, 0.717) is 17.5 Å². The van der Waals surface area contributed by atoms with Gasteiger partial charge in [0.2, 0.25) is 11.0 Å². The molecule has 4 nitrogen and oxygen atoms in total. The molecule has 0 saturated heterocycles. The van der Waals surface area contributed by atoms with E-state index in [0.717, 1.165) is 16.3 Å². The number of thiophene rings is 1. The SMILES string of the molecule is CC(Cc1nnc(NC(=O)Cc2cccs2)s1)c1ccccc1. The summed E-state index contributed by atoms with van der Waals surface area (Å²) in [6, 6.07) is 14.2. The van der Waals surface area contributed by atoms with Gasteiger partial charge >= 0.3 is 0 Å². The van der Waals surface area contributed by atoms with Crippen LogP contribution in [-0.4, -0.2) is 16.1 Å². The molecule has 2 heterocycles. The quantitative estimate of drug-likeness (QED) is 0.732. The van der Waals surface area contributed by atoms with Crippen LogP contribution in [0, 0.1) is 0 Å². The van der Waals surface area contributed by atoms with Crippen LogP contribution in [0.25, 0.3) is 0 Å². The summed E-state index contributed by atoms with van der Waals surface area (Å²) in [5, 5.41) is 14.6. The van der Waals surface area contributed by atoms with Crippen LogP contribution >= 0.6 is 22.7 Å². The molecule has 118 valence electrons. The number of carbonyl (C=O) groups is 1. The number of amides is 1. The van der Waals surface area contributed by atoms with Gasteiger partial charge in [-0.05, 0) is 22.9 Å². The summed E-state index contributed by atoms with van der Waals surface area (Å²) >= 11 is 3.03. The largest absolute Gasteiger partial charge is 0.300 e. The van der Waals surface area contributed by atoms with Gasteiger partial charge in [-0.25, -0.2) is 0 Å². The molecular weight excluding hydrogens is 326 g/mol. The van der Waals surface area contributed by atoms with Crippen LogP contribution in [0.1, 0.15) is 28.3 Å². The fraction of sp³-hybridized carbons (Fsp3) is 0.235. The summed E-state index contributed by atoms with van der Waals surface area (Å²) in [7, 11) is 0. The Morgan fingerprint density at radius 2 is 2.00 bits per heavy atom. The summed E-state index contributed by atoms with van der Waals surface area (Å²) in [5.74, 6) is 0.324. The van der Waals surface area contributed by atoms with Gasteiger partial charge in [0.15, 0.2) is 0 Å². The van der Waals surface area contributed by atoms with Crippen LogP contribution in [0.15, 0.2) is 47.8 Å². The Morgan fingerprint density at radius 1 is 1.17 bits per heavy atom. The fourth-order valence-electron chi connectivity index (χ4n) is 2.28. The highest BCUT2D eigenvalue weighted by Crippen LogP contribution is 2.24. The molecule has 1 aromatic carbocycles. The number of anilines is 1. The Morgan fingerprint density at radius 3 is 2.74 bits per heavy atom. The first-order valence-corrected chi connectivity index (χ1v) is 9.10. The van der Waals surface area contributed by atoms with Crippen LogP contribution in [0.4, 0.5) is 5.13 Å². The molecule has 0 aliphatic carbocycles. The number of benzene rings is 1. The number of carbonyl (C=O) groups excluding carboxylic acids is 1. The van der Waals surface area contributed by atoms with E-state index in [2.05, 4.69) is 34.6 Å². The third-order valence-corrected chi connectivity index (χ3v) is 5.21. The van der Waals surface area contributed by atoms with Crippen LogP contribution in [-0.2, 0) is 17.6 Å². The second kappa shape index (κ2) is 7.48. The van der Waals surface area contributed by atoms with Crippen LogP contribution in [0.2, 0.25) is 0 Å². The van der Waals surface area contributed by atoms with Crippen molar-refractivity contribution in [1.29, 1.82) is 0 Å². The van der Waals surface area contributed by atoms with E-state index in [-0.39, 0.29) is 5.91 Å². The van der Waals surface area contributed by atoms with Gasteiger partial charge in [0.05, 0.1) is 6.42 Å².